The molecule has 2 rings (SSSR count). The van der Waals surface area contributed by atoms with Crippen molar-refractivity contribution in [3.8, 4) is 5.75 Å². The number of nitrogens with one attached hydrogen (secondary N) is 1. The summed E-state index contributed by atoms with van der Waals surface area (Å²) in [4.78, 5) is 33.7. The van der Waals surface area contributed by atoms with Gasteiger partial charge in [0.25, 0.3) is 5.91 Å². The highest BCUT2D eigenvalue weighted by Crippen LogP contribution is 2.26. The quantitative estimate of drug-likeness (QED) is 0.320. The standard InChI is InChI=1S/C15H17NO10/c17-8(18)5-16-13(22)6-3-1-2-4-7(6)25-15-11(21)9(19)10(20)12(26-15)14(23)24/h1-4,9-12,15,19-21H,5H2,(H,16,22)(H,17,18)(H,23,24)/t9-,10+,11+,12-,15+/m0/s1. The van der Waals surface area contributed by atoms with Crippen LogP contribution < -0.4 is 10.1 Å². The molecule has 1 aromatic carbocycles. The van der Waals surface area contributed by atoms with Crippen molar-refractivity contribution >= 4 is 17.8 Å². The van der Waals surface area contributed by atoms with Crippen LogP contribution in [-0.4, -0.2) is 80.6 Å². The Hall–Kier alpha value is -2.73. The van der Waals surface area contributed by atoms with E-state index in [4.69, 9.17) is 19.7 Å². The summed E-state index contributed by atoms with van der Waals surface area (Å²) in [5.41, 5.74) is -0.1000. The molecule has 0 radical (unpaired) electrons. The molecular formula is C15H17NO10. The maximum Gasteiger partial charge on any atom is 0.335 e. The van der Waals surface area contributed by atoms with Gasteiger partial charge in [0.2, 0.25) is 6.29 Å². The second kappa shape index (κ2) is 8.10. The number of carboxylic acid groups (broad SMARTS) is 2. The van der Waals surface area contributed by atoms with Crippen LogP contribution in [0.3, 0.4) is 0 Å². The van der Waals surface area contributed by atoms with E-state index in [1.54, 1.807) is 0 Å². The molecule has 6 N–H and O–H groups in total. The van der Waals surface area contributed by atoms with Gasteiger partial charge in [-0.25, -0.2) is 4.79 Å². The zero-order valence-electron chi connectivity index (χ0n) is 13.2. The summed E-state index contributed by atoms with van der Waals surface area (Å²) in [6, 6.07) is 5.55. The summed E-state index contributed by atoms with van der Waals surface area (Å²) >= 11 is 0. The molecule has 1 aliphatic rings. The number of ether oxygens (including phenoxy) is 2. The number of rotatable bonds is 6. The van der Waals surface area contributed by atoms with E-state index in [1.165, 1.54) is 24.3 Å². The molecule has 1 aromatic rings. The topological polar surface area (TPSA) is 183 Å². The highest BCUT2D eigenvalue weighted by Gasteiger charge is 2.48. The van der Waals surface area contributed by atoms with Gasteiger partial charge in [-0.05, 0) is 12.1 Å². The fourth-order valence-electron chi connectivity index (χ4n) is 2.28. The molecular weight excluding hydrogens is 354 g/mol. The third kappa shape index (κ3) is 4.26. The van der Waals surface area contributed by atoms with Gasteiger partial charge in [0.05, 0.1) is 5.56 Å². The smallest absolute Gasteiger partial charge is 0.335 e. The minimum atomic E-state index is -1.88. The zero-order chi connectivity index (χ0) is 19.4. The number of carbonyl (C=O) groups is 3. The molecule has 1 aliphatic heterocycles. The molecule has 1 heterocycles. The van der Waals surface area contributed by atoms with E-state index in [-0.39, 0.29) is 11.3 Å². The monoisotopic (exact) mass is 371 g/mol. The highest BCUT2D eigenvalue weighted by molar-refractivity contribution is 5.98. The SMILES string of the molecule is O=C(O)CNC(=O)c1ccccc1O[C@@H]1O[C@H](C(=O)O)[C@H](O)[C@H](O)[C@H]1O. The molecule has 0 aromatic heterocycles. The average molecular weight is 371 g/mol. The summed E-state index contributed by atoms with van der Waals surface area (Å²) in [6.07, 6.45) is -9.08. The summed E-state index contributed by atoms with van der Waals surface area (Å²) in [6.45, 7) is -0.637. The normalized spacial score (nSPS) is 28.2. The maximum atomic E-state index is 12.0. The lowest BCUT2D eigenvalue weighted by atomic mass is 9.99. The summed E-state index contributed by atoms with van der Waals surface area (Å²) in [7, 11) is 0. The summed E-state index contributed by atoms with van der Waals surface area (Å²) < 4.78 is 10.3. The molecule has 142 valence electrons. The van der Waals surface area contributed by atoms with Crippen LogP contribution >= 0.6 is 0 Å². The van der Waals surface area contributed by atoms with E-state index in [2.05, 4.69) is 5.32 Å². The van der Waals surface area contributed by atoms with Crippen molar-refractivity contribution in [3.05, 3.63) is 29.8 Å². The first kappa shape index (κ1) is 19.6. The number of hydrogen-bond acceptors (Lipinski definition) is 8. The van der Waals surface area contributed by atoms with Crippen molar-refractivity contribution in [2.45, 2.75) is 30.7 Å². The van der Waals surface area contributed by atoms with Gasteiger partial charge in [-0.1, -0.05) is 12.1 Å². The van der Waals surface area contributed by atoms with Gasteiger partial charge in [0.15, 0.2) is 6.10 Å². The van der Waals surface area contributed by atoms with Crippen molar-refractivity contribution in [2.24, 2.45) is 0 Å². The van der Waals surface area contributed by atoms with Crippen molar-refractivity contribution in [1.29, 1.82) is 0 Å². The van der Waals surface area contributed by atoms with Gasteiger partial charge < -0.3 is 40.3 Å². The Morgan fingerprint density at radius 3 is 2.31 bits per heavy atom. The Morgan fingerprint density at radius 1 is 1.04 bits per heavy atom. The molecule has 26 heavy (non-hydrogen) atoms. The number of carbonyl (C=O) groups excluding carboxylic acids is 1. The Kier molecular flexibility index (Phi) is 6.10. The second-order valence-electron chi connectivity index (χ2n) is 5.43. The zero-order valence-corrected chi connectivity index (χ0v) is 13.2. The van der Waals surface area contributed by atoms with Gasteiger partial charge >= 0.3 is 11.9 Å². The van der Waals surface area contributed by atoms with Crippen molar-refractivity contribution in [3.63, 3.8) is 0 Å². The van der Waals surface area contributed by atoms with Crippen LogP contribution in [0.1, 0.15) is 10.4 Å². The van der Waals surface area contributed by atoms with Crippen molar-refractivity contribution in [2.75, 3.05) is 6.54 Å². The van der Waals surface area contributed by atoms with Gasteiger partial charge in [0, 0.05) is 0 Å². The van der Waals surface area contributed by atoms with E-state index >= 15 is 0 Å². The number of amides is 1. The van der Waals surface area contributed by atoms with Crippen LogP contribution in [0.25, 0.3) is 0 Å². The predicted octanol–water partition coefficient (Wildman–Crippen LogP) is -2.23. The fraction of sp³-hybridized carbons (Fsp3) is 0.400. The van der Waals surface area contributed by atoms with Gasteiger partial charge in [0.1, 0.15) is 30.6 Å². The molecule has 11 heteroatoms. The second-order valence-corrected chi connectivity index (χ2v) is 5.43. The largest absolute Gasteiger partial charge is 0.480 e. The number of carboxylic acids is 2. The van der Waals surface area contributed by atoms with Gasteiger partial charge in [-0.3, -0.25) is 9.59 Å². The van der Waals surface area contributed by atoms with E-state index in [1.807, 2.05) is 0 Å². The summed E-state index contributed by atoms with van der Waals surface area (Å²) in [5, 5.41) is 49.1. The molecule has 1 amide bonds. The molecule has 1 fully saturated rings. The molecule has 0 saturated carbocycles. The van der Waals surface area contributed by atoms with Crippen LogP contribution in [0, 0.1) is 0 Å². The third-order valence-electron chi connectivity index (χ3n) is 3.59. The minimum Gasteiger partial charge on any atom is -0.480 e. The number of aliphatic hydroxyl groups is 3. The van der Waals surface area contributed by atoms with Crippen LogP contribution in [0.15, 0.2) is 24.3 Å². The molecule has 11 nitrogen and oxygen atoms in total. The highest BCUT2D eigenvalue weighted by atomic mass is 16.7. The Bertz CT molecular complexity index is 693. The molecule has 0 aliphatic carbocycles. The predicted molar refractivity (Wildman–Crippen MR) is 81.4 cm³/mol. The molecule has 0 spiro atoms. The summed E-state index contributed by atoms with van der Waals surface area (Å²) in [5.74, 6) is -3.77. The first-order chi connectivity index (χ1) is 12.2. The minimum absolute atomic E-state index is 0.1000. The average Bonchev–Trinajstić information content (AvgIpc) is 2.60. The number of hydrogen-bond donors (Lipinski definition) is 6. The van der Waals surface area contributed by atoms with Gasteiger partial charge in [-0.15, -0.1) is 0 Å². The van der Waals surface area contributed by atoms with Crippen LogP contribution in [0.5, 0.6) is 5.75 Å². The van der Waals surface area contributed by atoms with Crippen molar-refractivity contribution < 1.29 is 49.4 Å². The van der Waals surface area contributed by atoms with Crippen LogP contribution in [0.4, 0.5) is 0 Å². The maximum absolute atomic E-state index is 12.0. The van der Waals surface area contributed by atoms with E-state index in [9.17, 15) is 29.7 Å². The first-order valence-corrected chi connectivity index (χ1v) is 7.40. The van der Waals surface area contributed by atoms with Gasteiger partial charge in [-0.2, -0.15) is 0 Å². The Balaban J connectivity index is 2.20. The fourth-order valence-corrected chi connectivity index (χ4v) is 2.28. The Morgan fingerprint density at radius 2 is 1.69 bits per heavy atom. The van der Waals surface area contributed by atoms with E-state index in [0.717, 1.165) is 0 Å². The molecule has 5 atom stereocenters. The Labute approximate surface area is 146 Å². The van der Waals surface area contributed by atoms with Crippen LogP contribution in [-0.2, 0) is 14.3 Å². The molecule has 1 saturated heterocycles. The first-order valence-electron chi connectivity index (χ1n) is 7.40. The number of aliphatic carboxylic acids is 2. The van der Waals surface area contributed by atoms with Crippen LogP contribution in [0.2, 0.25) is 0 Å². The number of aliphatic hydroxyl groups excluding tert-OH is 3. The lowest BCUT2D eigenvalue weighted by Gasteiger charge is -2.38. The van der Waals surface area contributed by atoms with Crippen molar-refractivity contribution in [1.82, 2.24) is 5.32 Å². The number of para-hydroxylation sites is 1. The number of benzene rings is 1. The lowest BCUT2D eigenvalue weighted by Crippen LogP contribution is -2.61. The lowest BCUT2D eigenvalue weighted by molar-refractivity contribution is -0.271. The van der Waals surface area contributed by atoms with E-state index in [0.29, 0.717) is 0 Å². The van der Waals surface area contributed by atoms with E-state index < -0.39 is 55.1 Å². The third-order valence-corrected chi connectivity index (χ3v) is 3.59. The molecule has 0 unspecified atom stereocenters. The molecule has 0 bridgehead atoms.